The van der Waals surface area contributed by atoms with Gasteiger partial charge in [-0.3, -0.25) is 4.79 Å². The minimum Gasteiger partial charge on any atom is -0.380 e. The summed E-state index contributed by atoms with van der Waals surface area (Å²) < 4.78 is 5.07. The van der Waals surface area contributed by atoms with Crippen molar-refractivity contribution in [2.75, 3.05) is 20.2 Å². The zero-order valence-electron chi connectivity index (χ0n) is 10.4. The van der Waals surface area contributed by atoms with Crippen LogP contribution in [0.3, 0.4) is 0 Å². The average molecular weight is 236 g/mol. The molecule has 1 amide bonds. The summed E-state index contributed by atoms with van der Waals surface area (Å²) in [5, 5.41) is 2.82. The van der Waals surface area contributed by atoms with Crippen LogP contribution in [0.15, 0.2) is 24.3 Å². The molecule has 3 N–H and O–H groups in total. The molecule has 0 aliphatic rings. The maximum absolute atomic E-state index is 11.8. The Hall–Kier alpha value is -1.39. The van der Waals surface area contributed by atoms with Crippen LogP contribution < -0.4 is 11.1 Å². The van der Waals surface area contributed by atoms with Crippen molar-refractivity contribution < 1.29 is 9.53 Å². The summed E-state index contributed by atoms with van der Waals surface area (Å²) in [6.45, 7) is 3.01. The predicted octanol–water partition coefficient (Wildman–Crippen LogP) is 0.953. The summed E-state index contributed by atoms with van der Waals surface area (Å²) in [5.41, 5.74) is 7.24. The molecule has 4 heteroatoms. The summed E-state index contributed by atoms with van der Waals surface area (Å²) in [7, 11) is 1.62. The van der Waals surface area contributed by atoms with E-state index in [1.54, 1.807) is 13.2 Å². The van der Waals surface area contributed by atoms with Crippen LogP contribution in [0.4, 0.5) is 0 Å². The highest BCUT2D eigenvalue weighted by atomic mass is 16.5. The smallest absolute Gasteiger partial charge is 0.251 e. The lowest BCUT2D eigenvalue weighted by Gasteiger charge is -2.11. The molecule has 4 nitrogen and oxygen atoms in total. The lowest BCUT2D eigenvalue weighted by atomic mass is 10.1. The lowest BCUT2D eigenvalue weighted by molar-refractivity contribution is 0.0870. The van der Waals surface area contributed by atoms with Crippen LogP contribution in [0.1, 0.15) is 22.8 Å². The van der Waals surface area contributed by atoms with Crippen molar-refractivity contribution in [2.24, 2.45) is 5.73 Å². The van der Waals surface area contributed by atoms with Crippen molar-refractivity contribution in [2.45, 2.75) is 19.4 Å². The second kappa shape index (κ2) is 7.04. The van der Waals surface area contributed by atoms with Gasteiger partial charge in [0.1, 0.15) is 0 Å². The first-order valence-electron chi connectivity index (χ1n) is 5.77. The molecule has 0 saturated heterocycles. The first kappa shape index (κ1) is 13.7. The van der Waals surface area contributed by atoms with E-state index in [0.29, 0.717) is 18.7 Å². The molecule has 0 radical (unpaired) electrons. The molecule has 0 aromatic heterocycles. The third-order valence-electron chi connectivity index (χ3n) is 2.57. The van der Waals surface area contributed by atoms with E-state index in [9.17, 15) is 4.79 Å². The molecule has 0 heterocycles. The number of amides is 1. The van der Waals surface area contributed by atoms with Crippen LogP contribution >= 0.6 is 0 Å². The van der Waals surface area contributed by atoms with Crippen molar-refractivity contribution in [3.05, 3.63) is 35.4 Å². The maximum atomic E-state index is 11.8. The van der Waals surface area contributed by atoms with Crippen LogP contribution in [0.2, 0.25) is 0 Å². The molecule has 1 aromatic rings. The van der Waals surface area contributed by atoms with Gasteiger partial charge in [-0.25, -0.2) is 0 Å². The van der Waals surface area contributed by atoms with Gasteiger partial charge in [0.15, 0.2) is 0 Å². The quantitative estimate of drug-likeness (QED) is 0.773. The Balaban J connectivity index is 2.59. The number of hydrogen-bond donors (Lipinski definition) is 2. The number of methoxy groups -OCH3 is 1. The van der Waals surface area contributed by atoms with Gasteiger partial charge < -0.3 is 15.8 Å². The molecule has 0 fully saturated rings. The van der Waals surface area contributed by atoms with E-state index in [1.807, 2.05) is 25.1 Å². The van der Waals surface area contributed by atoms with Crippen molar-refractivity contribution in [3.8, 4) is 0 Å². The number of ether oxygens (including phenoxy) is 1. The Kier molecular flexibility index (Phi) is 5.66. The summed E-state index contributed by atoms with van der Waals surface area (Å²) in [4.78, 5) is 11.8. The van der Waals surface area contributed by atoms with E-state index in [4.69, 9.17) is 10.5 Å². The highest BCUT2D eigenvalue weighted by Crippen LogP contribution is 2.05. The summed E-state index contributed by atoms with van der Waals surface area (Å²) in [6.07, 6.45) is 0.807. The topological polar surface area (TPSA) is 64.3 Å². The van der Waals surface area contributed by atoms with Crippen LogP contribution in [-0.2, 0) is 11.2 Å². The Bertz CT molecular complexity index is 366. The lowest BCUT2D eigenvalue weighted by Crippen LogP contribution is -2.31. The van der Waals surface area contributed by atoms with Gasteiger partial charge in [0.2, 0.25) is 0 Å². The highest BCUT2D eigenvalue weighted by molar-refractivity contribution is 5.94. The van der Waals surface area contributed by atoms with Crippen molar-refractivity contribution in [1.82, 2.24) is 5.32 Å². The minimum absolute atomic E-state index is 0.0196. The number of nitrogens with two attached hydrogens (primary N) is 1. The fourth-order valence-corrected chi connectivity index (χ4v) is 1.46. The van der Waals surface area contributed by atoms with Crippen LogP contribution in [-0.4, -0.2) is 32.2 Å². The summed E-state index contributed by atoms with van der Waals surface area (Å²) >= 11 is 0. The van der Waals surface area contributed by atoms with Crippen LogP contribution in [0.5, 0.6) is 0 Å². The van der Waals surface area contributed by atoms with E-state index in [-0.39, 0.29) is 12.0 Å². The van der Waals surface area contributed by atoms with Gasteiger partial charge in [-0.1, -0.05) is 12.1 Å². The second-order valence-electron chi connectivity index (χ2n) is 4.00. The van der Waals surface area contributed by atoms with E-state index in [0.717, 1.165) is 12.0 Å². The van der Waals surface area contributed by atoms with Gasteiger partial charge in [0, 0.05) is 19.2 Å². The van der Waals surface area contributed by atoms with Gasteiger partial charge in [-0.05, 0) is 37.6 Å². The van der Waals surface area contributed by atoms with E-state index in [1.165, 1.54) is 0 Å². The molecule has 17 heavy (non-hydrogen) atoms. The molecule has 1 rings (SSSR count). The molecule has 1 atom stereocenters. The summed E-state index contributed by atoms with van der Waals surface area (Å²) in [6, 6.07) is 7.52. The highest BCUT2D eigenvalue weighted by Gasteiger charge is 2.07. The van der Waals surface area contributed by atoms with Crippen LogP contribution in [0, 0.1) is 0 Å². The van der Waals surface area contributed by atoms with Gasteiger partial charge in [-0.15, -0.1) is 0 Å². The molecular formula is C13H20N2O2. The maximum Gasteiger partial charge on any atom is 0.251 e. The van der Waals surface area contributed by atoms with E-state index < -0.39 is 0 Å². The molecule has 0 saturated carbocycles. The average Bonchev–Trinajstić information content (AvgIpc) is 2.36. The SMILES string of the molecule is COC(C)CNC(=O)c1cccc(CCN)c1. The first-order valence-corrected chi connectivity index (χ1v) is 5.77. The van der Waals surface area contributed by atoms with E-state index in [2.05, 4.69) is 5.32 Å². The third kappa shape index (κ3) is 4.54. The fourth-order valence-electron chi connectivity index (χ4n) is 1.46. The fraction of sp³-hybridized carbons (Fsp3) is 0.462. The number of nitrogens with one attached hydrogen (secondary N) is 1. The molecule has 1 aromatic carbocycles. The number of carbonyl (C=O) groups is 1. The summed E-state index contributed by atoms with van der Waals surface area (Å²) in [5.74, 6) is -0.0761. The van der Waals surface area contributed by atoms with E-state index >= 15 is 0 Å². The standard InChI is InChI=1S/C13H20N2O2/c1-10(17-2)9-15-13(16)12-5-3-4-11(8-12)6-7-14/h3-5,8,10H,6-7,9,14H2,1-2H3,(H,15,16). The zero-order chi connectivity index (χ0) is 12.7. The second-order valence-corrected chi connectivity index (χ2v) is 4.00. The molecule has 0 aliphatic heterocycles. The van der Waals surface area contributed by atoms with Gasteiger partial charge in [-0.2, -0.15) is 0 Å². The van der Waals surface area contributed by atoms with Crippen molar-refractivity contribution in [1.29, 1.82) is 0 Å². The number of carbonyl (C=O) groups excluding carboxylic acids is 1. The molecular weight excluding hydrogens is 216 g/mol. The number of benzene rings is 1. The monoisotopic (exact) mass is 236 g/mol. The molecule has 0 spiro atoms. The van der Waals surface area contributed by atoms with Gasteiger partial charge in [0.05, 0.1) is 6.10 Å². The first-order chi connectivity index (χ1) is 8.17. The Morgan fingerprint density at radius 3 is 2.94 bits per heavy atom. The normalized spacial score (nSPS) is 12.2. The Morgan fingerprint density at radius 1 is 1.53 bits per heavy atom. The number of hydrogen-bond acceptors (Lipinski definition) is 3. The zero-order valence-corrected chi connectivity index (χ0v) is 10.4. The predicted molar refractivity (Wildman–Crippen MR) is 68.0 cm³/mol. The third-order valence-corrected chi connectivity index (χ3v) is 2.57. The van der Waals surface area contributed by atoms with Crippen molar-refractivity contribution >= 4 is 5.91 Å². The molecule has 94 valence electrons. The molecule has 0 bridgehead atoms. The minimum atomic E-state index is -0.0761. The molecule has 0 aliphatic carbocycles. The van der Waals surface area contributed by atoms with Crippen LogP contribution in [0.25, 0.3) is 0 Å². The number of rotatable bonds is 6. The van der Waals surface area contributed by atoms with Gasteiger partial charge >= 0.3 is 0 Å². The van der Waals surface area contributed by atoms with Gasteiger partial charge in [0.25, 0.3) is 5.91 Å². The Morgan fingerprint density at radius 2 is 2.29 bits per heavy atom. The van der Waals surface area contributed by atoms with Crippen molar-refractivity contribution in [3.63, 3.8) is 0 Å². The Labute approximate surface area is 102 Å². The largest absolute Gasteiger partial charge is 0.380 e. The molecule has 1 unspecified atom stereocenters.